The molecule has 0 spiro atoms. The van der Waals surface area contributed by atoms with Crippen LogP contribution in [0.25, 0.3) is 11.3 Å². The van der Waals surface area contributed by atoms with E-state index in [1.807, 2.05) is 4.90 Å². The Morgan fingerprint density at radius 1 is 1.17 bits per heavy atom. The number of halogens is 3. The van der Waals surface area contributed by atoms with Crippen LogP contribution in [0.1, 0.15) is 18.7 Å². The lowest BCUT2D eigenvalue weighted by Crippen LogP contribution is -2.22. The van der Waals surface area contributed by atoms with Crippen molar-refractivity contribution in [2.75, 3.05) is 25.1 Å². The maximum absolute atomic E-state index is 13.1. The SMILES string of the molecule is COc1cnccc1-c1cc(N2CCCC2)nc(C(F)(F)F)n1. The van der Waals surface area contributed by atoms with Crippen molar-refractivity contribution in [2.45, 2.75) is 19.0 Å². The maximum atomic E-state index is 13.1. The van der Waals surface area contributed by atoms with Gasteiger partial charge in [-0.1, -0.05) is 0 Å². The average molecular weight is 324 g/mol. The van der Waals surface area contributed by atoms with Crippen LogP contribution < -0.4 is 9.64 Å². The first kappa shape index (κ1) is 15.5. The van der Waals surface area contributed by atoms with Gasteiger partial charge < -0.3 is 9.64 Å². The fourth-order valence-corrected chi connectivity index (χ4v) is 2.56. The zero-order valence-electron chi connectivity index (χ0n) is 12.5. The van der Waals surface area contributed by atoms with Crippen LogP contribution in [-0.4, -0.2) is 35.2 Å². The van der Waals surface area contributed by atoms with Gasteiger partial charge in [-0.2, -0.15) is 13.2 Å². The minimum Gasteiger partial charge on any atom is -0.494 e. The maximum Gasteiger partial charge on any atom is 0.451 e. The lowest BCUT2D eigenvalue weighted by atomic mass is 10.1. The normalized spacial score (nSPS) is 15.0. The Hall–Kier alpha value is -2.38. The van der Waals surface area contributed by atoms with Crippen molar-refractivity contribution < 1.29 is 17.9 Å². The summed E-state index contributed by atoms with van der Waals surface area (Å²) in [6.07, 6.45) is 0.215. The zero-order chi connectivity index (χ0) is 16.4. The molecule has 1 aliphatic rings. The summed E-state index contributed by atoms with van der Waals surface area (Å²) in [5.41, 5.74) is 0.629. The monoisotopic (exact) mass is 324 g/mol. The van der Waals surface area contributed by atoms with Gasteiger partial charge in [-0.05, 0) is 18.9 Å². The second-order valence-corrected chi connectivity index (χ2v) is 5.20. The van der Waals surface area contributed by atoms with E-state index < -0.39 is 12.0 Å². The van der Waals surface area contributed by atoms with Gasteiger partial charge in [0.1, 0.15) is 11.6 Å². The zero-order valence-corrected chi connectivity index (χ0v) is 12.5. The minimum absolute atomic E-state index is 0.175. The van der Waals surface area contributed by atoms with Crippen LogP contribution in [0.5, 0.6) is 5.75 Å². The van der Waals surface area contributed by atoms with Gasteiger partial charge >= 0.3 is 6.18 Å². The number of methoxy groups -OCH3 is 1. The molecule has 3 heterocycles. The van der Waals surface area contributed by atoms with Gasteiger partial charge in [0.05, 0.1) is 19.0 Å². The Bertz CT molecular complexity index is 699. The average Bonchev–Trinajstić information content (AvgIpc) is 3.08. The summed E-state index contributed by atoms with van der Waals surface area (Å²) in [6, 6.07) is 3.15. The van der Waals surface area contributed by atoms with Crippen LogP contribution >= 0.6 is 0 Å². The summed E-state index contributed by atoms with van der Waals surface area (Å²) in [5, 5.41) is 0. The van der Waals surface area contributed by atoms with Crippen molar-refractivity contribution in [3.8, 4) is 17.0 Å². The van der Waals surface area contributed by atoms with E-state index in [9.17, 15) is 13.2 Å². The second-order valence-electron chi connectivity index (χ2n) is 5.20. The summed E-state index contributed by atoms with van der Waals surface area (Å²) in [4.78, 5) is 13.1. The molecule has 0 aromatic carbocycles. The van der Waals surface area contributed by atoms with Crippen LogP contribution in [0, 0.1) is 0 Å². The lowest BCUT2D eigenvalue weighted by Gasteiger charge is -2.19. The van der Waals surface area contributed by atoms with E-state index in [1.165, 1.54) is 19.5 Å². The van der Waals surface area contributed by atoms with Gasteiger partial charge in [-0.15, -0.1) is 0 Å². The first-order chi connectivity index (χ1) is 11.0. The molecule has 23 heavy (non-hydrogen) atoms. The Labute approximate surface area is 131 Å². The van der Waals surface area contributed by atoms with Gasteiger partial charge in [0.25, 0.3) is 0 Å². The van der Waals surface area contributed by atoms with E-state index >= 15 is 0 Å². The van der Waals surface area contributed by atoms with E-state index in [1.54, 1.807) is 12.1 Å². The Kier molecular flexibility index (Phi) is 4.06. The van der Waals surface area contributed by atoms with E-state index in [0.717, 1.165) is 12.8 Å². The minimum atomic E-state index is -4.61. The molecule has 0 unspecified atom stereocenters. The molecule has 0 aliphatic carbocycles. The van der Waals surface area contributed by atoms with Crippen LogP contribution in [0.2, 0.25) is 0 Å². The van der Waals surface area contributed by atoms with Crippen molar-refractivity contribution in [3.05, 3.63) is 30.4 Å². The van der Waals surface area contributed by atoms with E-state index in [0.29, 0.717) is 30.2 Å². The number of hydrogen-bond acceptors (Lipinski definition) is 5. The van der Waals surface area contributed by atoms with Crippen molar-refractivity contribution in [2.24, 2.45) is 0 Å². The van der Waals surface area contributed by atoms with Gasteiger partial charge in [0.2, 0.25) is 5.82 Å². The van der Waals surface area contributed by atoms with Gasteiger partial charge in [0.15, 0.2) is 0 Å². The third kappa shape index (κ3) is 3.20. The van der Waals surface area contributed by atoms with E-state index in [4.69, 9.17) is 4.74 Å². The van der Waals surface area contributed by atoms with Crippen molar-refractivity contribution in [1.29, 1.82) is 0 Å². The standard InChI is InChI=1S/C15H15F3N4O/c1-23-12-9-19-5-4-10(12)11-8-13(22-6-2-3-7-22)21-14(20-11)15(16,17)18/h4-5,8-9H,2-3,6-7H2,1H3. The number of anilines is 1. The third-order valence-corrected chi connectivity index (χ3v) is 3.68. The fraction of sp³-hybridized carbons (Fsp3) is 0.400. The Morgan fingerprint density at radius 3 is 2.57 bits per heavy atom. The summed E-state index contributed by atoms with van der Waals surface area (Å²) < 4.78 is 44.6. The first-order valence-corrected chi connectivity index (χ1v) is 7.18. The molecular weight excluding hydrogens is 309 g/mol. The van der Waals surface area contributed by atoms with Gasteiger partial charge in [-0.25, -0.2) is 9.97 Å². The molecule has 0 N–H and O–H groups in total. The van der Waals surface area contributed by atoms with Crippen LogP contribution in [0.3, 0.4) is 0 Å². The number of hydrogen-bond donors (Lipinski definition) is 0. The van der Waals surface area contributed by atoms with Gasteiger partial charge in [-0.3, -0.25) is 4.98 Å². The molecule has 0 atom stereocenters. The molecule has 1 aliphatic heterocycles. The van der Waals surface area contributed by atoms with Crippen molar-refractivity contribution >= 4 is 5.82 Å². The molecule has 0 radical (unpaired) electrons. The molecule has 8 heteroatoms. The molecule has 0 saturated carbocycles. The molecule has 0 bridgehead atoms. The smallest absolute Gasteiger partial charge is 0.451 e. The number of rotatable bonds is 3. The fourth-order valence-electron chi connectivity index (χ4n) is 2.56. The van der Waals surface area contributed by atoms with Gasteiger partial charge in [0, 0.05) is 30.9 Å². The lowest BCUT2D eigenvalue weighted by molar-refractivity contribution is -0.144. The topological polar surface area (TPSA) is 51.1 Å². The quantitative estimate of drug-likeness (QED) is 0.868. The van der Waals surface area contributed by atoms with Crippen LogP contribution in [0.15, 0.2) is 24.5 Å². The van der Waals surface area contributed by atoms with Crippen LogP contribution in [0.4, 0.5) is 19.0 Å². The van der Waals surface area contributed by atoms with Crippen molar-refractivity contribution in [1.82, 2.24) is 15.0 Å². The molecule has 122 valence electrons. The third-order valence-electron chi connectivity index (χ3n) is 3.68. The molecule has 1 saturated heterocycles. The summed E-state index contributed by atoms with van der Waals surface area (Å²) >= 11 is 0. The van der Waals surface area contributed by atoms with Crippen LogP contribution in [-0.2, 0) is 6.18 Å². The number of pyridine rings is 1. The molecule has 2 aromatic rings. The highest BCUT2D eigenvalue weighted by Gasteiger charge is 2.36. The number of ether oxygens (including phenoxy) is 1. The number of nitrogens with zero attached hydrogens (tertiary/aromatic N) is 4. The Balaban J connectivity index is 2.13. The number of aromatic nitrogens is 3. The summed E-state index contributed by atoms with van der Waals surface area (Å²) in [5.74, 6) is -0.485. The predicted octanol–water partition coefficient (Wildman–Crippen LogP) is 3.17. The highest BCUT2D eigenvalue weighted by molar-refractivity contribution is 5.69. The summed E-state index contributed by atoms with van der Waals surface area (Å²) in [6.45, 7) is 1.39. The second kappa shape index (κ2) is 6.02. The van der Waals surface area contributed by atoms with E-state index in [-0.39, 0.29) is 5.69 Å². The molecular formula is C15H15F3N4O. The van der Waals surface area contributed by atoms with Crippen molar-refractivity contribution in [3.63, 3.8) is 0 Å². The largest absolute Gasteiger partial charge is 0.494 e. The predicted molar refractivity (Wildman–Crippen MR) is 78.3 cm³/mol. The summed E-state index contributed by atoms with van der Waals surface area (Å²) in [7, 11) is 1.44. The molecule has 2 aromatic heterocycles. The van der Waals surface area contributed by atoms with E-state index in [2.05, 4.69) is 15.0 Å². The molecule has 1 fully saturated rings. The first-order valence-electron chi connectivity index (χ1n) is 7.18. The molecule has 0 amide bonds. The molecule has 3 rings (SSSR count). The Morgan fingerprint density at radius 2 is 1.91 bits per heavy atom. The number of alkyl halides is 3. The highest BCUT2D eigenvalue weighted by Crippen LogP contribution is 2.34. The molecule has 5 nitrogen and oxygen atoms in total. The highest BCUT2D eigenvalue weighted by atomic mass is 19.4.